The fraction of sp³-hybridized carbons (Fsp3) is 0.318. The van der Waals surface area contributed by atoms with Crippen molar-refractivity contribution in [2.45, 2.75) is 25.8 Å². The van der Waals surface area contributed by atoms with E-state index in [4.69, 9.17) is 4.74 Å². The van der Waals surface area contributed by atoms with Crippen LogP contribution in [0.2, 0.25) is 0 Å². The summed E-state index contributed by atoms with van der Waals surface area (Å²) in [5, 5.41) is 5.20. The van der Waals surface area contributed by atoms with E-state index in [-0.39, 0.29) is 17.7 Å². The van der Waals surface area contributed by atoms with Gasteiger partial charge in [0.1, 0.15) is 11.5 Å². The van der Waals surface area contributed by atoms with E-state index >= 15 is 0 Å². The van der Waals surface area contributed by atoms with Crippen molar-refractivity contribution in [3.63, 3.8) is 0 Å². The zero-order valence-electron chi connectivity index (χ0n) is 16.7. The van der Waals surface area contributed by atoms with E-state index in [1.807, 2.05) is 18.2 Å². The van der Waals surface area contributed by atoms with Crippen LogP contribution in [0.3, 0.4) is 0 Å². The molecule has 29 heavy (non-hydrogen) atoms. The summed E-state index contributed by atoms with van der Waals surface area (Å²) in [6.07, 6.45) is 1.72. The van der Waals surface area contributed by atoms with Crippen LogP contribution in [-0.4, -0.2) is 43.3 Å². The van der Waals surface area contributed by atoms with Crippen molar-refractivity contribution in [3.8, 4) is 11.5 Å². The van der Waals surface area contributed by atoms with Gasteiger partial charge in [-0.2, -0.15) is 0 Å². The van der Waals surface area contributed by atoms with Gasteiger partial charge in [0.2, 0.25) is 11.8 Å². The monoisotopic (exact) mass is 395 g/mol. The molecule has 7 nitrogen and oxygen atoms in total. The number of amides is 3. The van der Waals surface area contributed by atoms with Crippen molar-refractivity contribution < 1.29 is 19.1 Å². The molecule has 0 atom stereocenters. The van der Waals surface area contributed by atoms with Gasteiger partial charge in [-0.3, -0.25) is 14.4 Å². The molecule has 0 aliphatic carbocycles. The van der Waals surface area contributed by atoms with Gasteiger partial charge in [0, 0.05) is 44.7 Å². The first-order valence-corrected chi connectivity index (χ1v) is 9.60. The summed E-state index contributed by atoms with van der Waals surface area (Å²) in [7, 11) is 3.18. The maximum atomic E-state index is 12.0. The van der Waals surface area contributed by atoms with E-state index in [2.05, 4.69) is 10.6 Å². The molecule has 1 saturated heterocycles. The summed E-state index contributed by atoms with van der Waals surface area (Å²) in [6.45, 7) is 1.17. The number of nitrogens with zero attached hydrogens (tertiary/aromatic N) is 1. The van der Waals surface area contributed by atoms with Crippen LogP contribution in [0, 0.1) is 0 Å². The second-order valence-electron chi connectivity index (χ2n) is 6.92. The predicted octanol–water partition coefficient (Wildman–Crippen LogP) is 2.25. The normalized spacial score (nSPS) is 13.3. The Hall–Kier alpha value is -3.35. The smallest absolute Gasteiger partial charge is 0.251 e. The minimum absolute atomic E-state index is 0.0606. The molecule has 1 fully saturated rings. The van der Waals surface area contributed by atoms with Crippen molar-refractivity contribution >= 4 is 17.7 Å². The molecule has 1 aliphatic heterocycles. The van der Waals surface area contributed by atoms with Crippen LogP contribution in [0.4, 0.5) is 0 Å². The molecular weight excluding hydrogens is 370 g/mol. The number of rotatable bonds is 7. The van der Waals surface area contributed by atoms with Crippen molar-refractivity contribution in [3.05, 3.63) is 59.2 Å². The Labute approximate surface area is 170 Å². The first-order valence-electron chi connectivity index (χ1n) is 9.60. The van der Waals surface area contributed by atoms with Crippen LogP contribution in [0.25, 0.3) is 0 Å². The maximum Gasteiger partial charge on any atom is 0.251 e. The highest BCUT2D eigenvalue weighted by Gasteiger charge is 2.22. The number of hydrogen-bond acceptors (Lipinski definition) is 4. The molecule has 0 saturated carbocycles. The standard InChI is InChI=1S/C22H25N3O4/c1-23-20(26)12-15-5-9-18(10-6-15)29-19-13-16(22(28)24-2)7-8-17(19)14-25-11-3-4-21(25)27/h5-10,13H,3-4,11-12,14H2,1-2H3,(H,23,26)(H,24,28). The van der Waals surface area contributed by atoms with E-state index in [1.54, 1.807) is 43.3 Å². The third-order valence-electron chi connectivity index (χ3n) is 4.88. The third kappa shape index (κ3) is 5.13. The van der Waals surface area contributed by atoms with Gasteiger partial charge in [0.25, 0.3) is 5.91 Å². The van der Waals surface area contributed by atoms with Gasteiger partial charge in [-0.15, -0.1) is 0 Å². The van der Waals surface area contributed by atoms with E-state index in [1.165, 1.54) is 0 Å². The maximum absolute atomic E-state index is 12.0. The minimum atomic E-state index is -0.209. The van der Waals surface area contributed by atoms with Gasteiger partial charge in [0.05, 0.1) is 6.42 Å². The summed E-state index contributed by atoms with van der Waals surface area (Å²) in [4.78, 5) is 37.4. The van der Waals surface area contributed by atoms with Crippen molar-refractivity contribution in [2.75, 3.05) is 20.6 Å². The highest BCUT2D eigenvalue weighted by molar-refractivity contribution is 5.94. The molecule has 2 aromatic rings. The van der Waals surface area contributed by atoms with Gasteiger partial charge in [0.15, 0.2) is 0 Å². The molecule has 0 spiro atoms. The van der Waals surface area contributed by atoms with E-state index in [0.29, 0.717) is 36.4 Å². The number of carbonyl (C=O) groups excluding carboxylic acids is 3. The Morgan fingerprint density at radius 1 is 1.07 bits per heavy atom. The lowest BCUT2D eigenvalue weighted by atomic mass is 10.1. The van der Waals surface area contributed by atoms with E-state index < -0.39 is 0 Å². The zero-order chi connectivity index (χ0) is 20.8. The van der Waals surface area contributed by atoms with E-state index in [9.17, 15) is 14.4 Å². The van der Waals surface area contributed by atoms with Crippen LogP contribution in [0.1, 0.15) is 34.3 Å². The summed E-state index contributed by atoms with van der Waals surface area (Å²) in [5.41, 5.74) is 2.19. The average Bonchev–Trinajstić information content (AvgIpc) is 3.14. The number of benzene rings is 2. The van der Waals surface area contributed by atoms with Crippen LogP contribution in [0.5, 0.6) is 11.5 Å². The van der Waals surface area contributed by atoms with Crippen LogP contribution < -0.4 is 15.4 Å². The molecule has 3 amide bonds. The predicted molar refractivity (Wildman–Crippen MR) is 109 cm³/mol. The summed E-state index contributed by atoms with van der Waals surface area (Å²) >= 11 is 0. The van der Waals surface area contributed by atoms with Crippen LogP contribution >= 0.6 is 0 Å². The molecule has 0 radical (unpaired) electrons. The molecule has 7 heteroatoms. The van der Waals surface area contributed by atoms with Gasteiger partial charge < -0.3 is 20.3 Å². The second-order valence-corrected chi connectivity index (χ2v) is 6.92. The lowest BCUT2D eigenvalue weighted by Crippen LogP contribution is -2.24. The molecule has 1 aliphatic rings. The van der Waals surface area contributed by atoms with Gasteiger partial charge in [-0.1, -0.05) is 18.2 Å². The molecule has 2 aromatic carbocycles. The fourth-order valence-electron chi connectivity index (χ4n) is 3.22. The summed E-state index contributed by atoms with van der Waals surface area (Å²) < 4.78 is 6.06. The summed E-state index contributed by atoms with van der Waals surface area (Å²) in [5.74, 6) is 0.984. The first kappa shape index (κ1) is 20.4. The molecule has 3 rings (SSSR count). The Balaban J connectivity index is 1.83. The number of ether oxygens (including phenoxy) is 1. The Morgan fingerprint density at radius 2 is 1.83 bits per heavy atom. The van der Waals surface area contributed by atoms with Crippen molar-refractivity contribution in [1.29, 1.82) is 0 Å². The SMILES string of the molecule is CNC(=O)Cc1ccc(Oc2cc(C(=O)NC)ccc2CN2CCCC2=O)cc1. The Bertz CT molecular complexity index is 909. The lowest BCUT2D eigenvalue weighted by Gasteiger charge is -2.19. The van der Waals surface area contributed by atoms with Crippen LogP contribution in [-0.2, 0) is 22.6 Å². The van der Waals surface area contributed by atoms with E-state index in [0.717, 1.165) is 24.1 Å². The molecule has 152 valence electrons. The fourth-order valence-corrected chi connectivity index (χ4v) is 3.22. The number of hydrogen-bond donors (Lipinski definition) is 2. The molecule has 0 unspecified atom stereocenters. The number of likely N-dealkylation sites (N-methyl/N-ethyl adjacent to an activating group) is 1. The van der Waals surface area contributed by atoms with Gasteiger partial charge in [-0.05, 0) is 36.2 Å². The molecule has 0 bridgehead atoms. The zero-order valence-corrected chi connectivity index (χ0v) is 16.7. The molecule has 0 aromatic heterocycles. The number of carbonyl (C=O) groups is 3. The van der Waals surface area contributed by atoms with Crippen molar-refractivity contribution in [1.82, 2.24) is 15.5 Å². The molecule has 1 heterocycles. The summed E-state index contributed by atoms with van der Waals surface area (Å²) in [6, 6.07) is 12.5. The van der Waals surface area contributed by atoms with Gasteiger partial charge >= 0.3 is 0 Å². The minimum Gasteiger partial charge on any atom is -0.457 e. The first-order chi connectivity index (χ1) is 14.0. The Kier molecular flexibility index (Phi) is 6.49. The average molecular weight is 395 g/mol. The highest BCUT2D eigenvalue weighted by atomic mass is 16.5. The molecule has 2 N–H and O–H groups in total. The second kappa shape index (κ2) is 9.23. The molecular formula is C22H25N3O4. The number of nitrogens with one attached hydrogen (secondary N) is 2. The quantitative estimate of drug-likeness (QED) is 0.753. The largest absolute Gasteiger partial charge is 0.457 e. The lowest BCUT2D eigenvalue weighted by molar-refractivity contribution is -0.128. The van der Waals surface area contributed by atoms with Gasteiger partial charge in [-0.25, -0.2) is 0 Å². The van der Waals surface area contributed by atoms with Crippen molar-refractivity contribution in [2.24, 2.45) is 0 Å². The highest BCUT2D eigenvalue weighted by Crippen LogP contribution is 2.29. The van der Waals surface area contributed by atoms with Crippen LogP contribution in [0.15, 0.2) is 42.5 Å². The third-order valence-corrected chi connectivity index (χ3v) is 4.88. The number of likely N-dealkylation sites (tertiary alicyclic amines) is 1. The topological polar surface area (TPSA) is 87.7 Å². The Morgan fingerprint density at radius 3 is 2.45 bits per heavy atom.